The van der Waals surface area contributed by atoms with Gasteiger partial charge in [-0.05, 0) is 46.8 Å². The molecule has 1 aliphatic carbocycles. The minimum Gasteiger partial charge on any atom is -0.393 e. The van der Waals surface area contributed by atoms with E-state index in [0.717, 1.165) is 42.5 Å². The average molecular weight is 285 g/mol. The summed E-state index contributed by atoms with van der Waals surface area (Å²) in [6.07, 6.45) is 4.96. The van der Waals surface area contributed by atoms with Crippen molar-refractivity contribution in [3.63, 3.8) is 0 Å². The van der Waals surface area contributed by atoms with Crippen LogP contribution in [0.1, 0.15) is 25.0 Å². The Bertz CT molecular complexity index is 328. The Labute approximate surface area is 104 Å². The van der Waals surface area contributed by atoms with Crippen LogP contribution < -0.4 is 5.32 Å². The topological polar surface area (TPSA) is 45.1 Å². The number of hydrogen-bond donors (Lipinski definition) is 2. The molecular formula is C12H17BrN2O. The predicted molar refractivity (Wildman–Crippen MR) is 67.0 cm³/mol. The molecule has 0 amide bonds. The van der Waals surface area contributed by atoms with Gasteiger partial charge >= 0.3 is 0 Å². The number of aromatic nitrogens is 1. The van der Waals surface area contributed by atoms with Crippen molar-refractivity contribution in [1.82, 2.24) is 10.3 Å². The third-order valence-electron chi connectivity index (χ3n) is 3.12. The maximum absolute atomic E-state index is 9.66. The lowest BCUT2D eigenvalue weighted by molar-refractivity contribution is 0.131. The first kappa shape index (κ1) is 12.0. The third-order valence-corrected chi connectivity index (χ3v) is 3.59. The zero-order chi connectivity index (χ0) is 11.4. The van der Waals surface area contributed by atoms with Gasteiger partial charge in [0.25, 0.3) is 0 Å². The molecule has 1 heterocycles. The van der Waals surface area contributed by atoms with Gasteiger partial charge < -0.3 is 10.4 Å². The van der Waals surface area contributed by atoms with Crippen LogP contribution in [-0.2, 0) is 6.54 Å². The number of nitrogens with zero attached hydrogens (tertiary/aromatic N) is 1. The summed E-state index contributed by atoms with van der Waals surface area (Å²) in [5.74, 6) is 0.426. The second kappa shape index (κ2) is 5.75. The quantitative estimate of drug-likeness (QED) is 0.890. The monoisotopic (exact) mass is 284 g/mol. The molecule has 88 valence electrons. The van der Waals surface area contributed by atoms with Gasteiger partial charge in [-0.15, -0.1) is 0 Å². The highest BCUT2D eigenvalue weighted by molar-refractivity contribution is 9.10. The van der Waals surface area contributed by atoms with Crippen LogP contribution in [0.3, 0.4) is 0 Å². The fourth-order valence-corrected chi connectivity index (χ4v) is 2.39. The van der Waals surface area contributed by atoms with Crippen molar-refractivity contribution in [1.29, 1.82) is 0 Å². The summed E-state index contributed by atoms with van der Waals surface area (Å²) in [4.78, 5) is 4.29. The molecule has 0 radical (unpaired) electrons. The summed E-state index contributed by atoms with van der Waals surface area (Å²) >= 11 is 3.36. The van der Waals surface area contributed by atoms with Crippen LogP contribution in [0.2, 0.25) is 0 Å². The van der Waals surface area contributed by atoms with E-state index in [4.69, 9.17) is 0 Å². The molecule has 1 aromatic heterocycles. The Hall–Kier alpha value is -0.450. The fourth-order valence-electron chi connectivity index (χ4n) is 2.15. The Morgan fingerprint density at radius 1 is 1.44 bits per heavy atom. The maximum atomic E-state index is 9.66. The Morgan fingerprint density at radius 2 is 2.31 bits per heavy atom. The van der Waals surface area contributed by atoms with Crippen LogP contribution in [0.25, 0.3) is 0 Å². The van der Waals surface area contributed by atoms with Crippen LogP contribution in [0.5, 0.6) is 0 Å². The first-order chi connectivity index (χ1) is 7.75. The van der Waals surface area contributed by atoms with E-state index in [1.807, 2.05) is 12.1 Å². The number of pyridine rings is 1. The minimum absolute atomic E-state index is 0.106. The normalized spacial score (nSPS) is 24.9. The highest BCUT2D eigenvalue weighted by Gasteiger charge is 2.24. The van der Waals surface area contributed by atoms with Gasteiger partial charge in [0.2, 0.25) is 0 Å². The van der Waals surface area contributed by atoms with Crippen LogP contribution >= 0.6 is 15.9 Å². The summed E-state index contributed by atoms with van der Waals surface area (Å²) in [5, 5.41) is 13.0. The molecule has 2 rings (SSSR count). The molecule has 2 atom stereocenters. The first-order valence-electron chi connectivity index (χ1n) is 5.75. The molecule has 1 aromatic rings. The van der Waals surface area contributed by atoms with E-state index in [1.54, 1.807) is 6.20 Å². The Balaban J connectivity index is 1.73. The molecule has 1 fully saturated rings. The van der Waals surface area contributed by atoms with E-state index in [2.05, 4.69) is 26.2 Å². The molecule has 3 nitrogen and oxygen atoms in total. The van der Waals surface area contributed by atoms with Crippen LogP contribution in [0, 0.1) is 5.92 Å². The molecule has 0 saturated heterocycles. The van der Waals surface area contributed by atoms with Gasteiger partial charge in [-0.25, -0.2) is 0 Å². The number of aliphatic hydroxyl groups excluding tert-OH is 1. The van der Waals surface area contributed by atoms with Crippen molar-refractivity contribution >= 4 is 15.9 Å². The van der Waals surface area contributed by atoms with Crippen molar-refractivity contribution in [3.8, 4) is 0 Å². The highest BCUT2D eigenvalue weighted by atomic mass is 79.9. The maximum Gasteiger partial charge on any atom is 0.0580 e. The zero-order valence-corrected chi connectivity index (χ0v) is 10.8. The number of hydrogen-bond acceptors (Lipinski definition) is 3. The van der Waals surface area contributed by atoms with Crippen molar-refractivity contribution in [3.05, 3.63) is 28.5 Å². The summed E-state index contributed by atoms with van der Waals surface area (Å²) in [6.45, 7) is 1.66. The SMILES string of the molecule is OC1CCCC1CNCc1ccc(Br)cn1. The zero-order valence-electron chi connectivity index (χ0n) is 9.19. The largest absolute Gasteiger partial charge is 0.393 e. The first-order valence-corrected chi connectivity index (χ1v) is 6.54. The number of halogens is 1. The smallest absolute Gasteiger partial charge is 0.0580 e. The predicted octanol–water partition coefficient (Wildman–Crippen LogP) is 2.09. The summed E-state index contributed by atoms with van der Waals surface area (Å²) in [5.41, 5.74) is 1.04. The minimum atomic E-state index is -0.106. The second-order valence-electron chi connectivity index (χ2n) is 4.36. The molecule has 0 aromatic carbocycles. The third kappa shape index (κ3) is 3.27. The molecule has 1 saturated carbocycles. The van der Waals surface area contributed by atoms with Crippen LogP contribution in [-0.4, -0.2) is 22.7 Å². The lowest BCUT2D eigenvalue weighted by Crippen LogP contribution is -2.27. The van der Waals surface area contributed by atoms with Gasteiger partial charge in [0, 0.05) is 23.8 Å². The molecule has 0 spiro atoms. The molecule has 1 aliphatic rings. The lowest BCUT2D eigenvalue weighted by Gasteiger charge is -2.14. The van der Waals surface area contributed by atoms with E-state index in [9.17, 15) is 5.11 Å². The highest BCUT2D eigenvalue weighted by Crippen LogP contribution is 2.24. The fraction of sp³-hybridized carbons (Fsp3) is 0.583. The van der Waals surface area contributed by atoms with E-state index >= 15 is 0 Å². The number of rotatable bonds is 4. The van der Waals surface area contributed by atoms with Crippen molar-refractivity contribution in [2.75, 3.05) is 6.54 Å². The molecule has 4 heteroatoms. The van der Waals surface area contributed by atoms with Gasteiger partial charge in [-0.1, -0.05) is 6.42 Å². The van der Waals surface area contributed by atoms with Crippen molar-refractivity contribution in [2.24, 2.45) is 5.92 Å². The second-order valence-corrected chi connectivity index (χ2v) is 5.27. The van der Waals surface area contributed by atoms with Crippen LogP contribution in [0.15, 0.2) is 22.8 Å². The number of aliphatic hydroxyl groups is 1. The molecular weight excluding hydrogens is 268 g/mol. The van der Waals surface area contributed by atoms with Gasteiger partial charge in [0.15, 0.2) is 0 Å². The molecule has 0 bridgehead atoms. The lowest BCUT2D eigenvalue weighted by atomic mass is 10.1. The Kier molecular flexibility index (Phi) is 4.32. The van der Waals surface area contributed by atoms with Crippen molar-refractivity contribution < 1.29 is 5.11 Å². The molecule has 16 heavy (non-hydrogen) atoms. The summed E-state index contributed by atoms with van der Waals surface area (Å²) in [6, 6.07) is 4.00. The van der Waals surface area contributed by atoms with Gasteiger partial charge in [-0.3, -0.25) is 4.98 Å². The Morgan fingerprint density at radius 3 is 2.94 bits per heavy atom. The average Bonchev–Trinajstić information content (AvgIpc) is 2.68. The standard InChI is InChI=1S/C12H17BrN2O/c13-10-4-5-11(15-7-10)8-14-6-9-2-1-3-12(9)16/h4-5,7,9,12,14,16H,1-3,6,8H2. The number of nitrogens with one attached hydrogen (secondary N) is 1. The summed E-state index contributed by atoms with van der Waals surface area (Å²) in [7, 11) is 0. The van der Waals surface area contributed by atoms with E-state index < -0.39 is 0 Å². The van der Waals surface area contributed by atoms with Gasteiger partial charge in [0.1, 0.15) is 0 Å². The van der Waals surface area contributed by atoms with Gasteiger partial charge in [-0.2, -0.15) is 0 Å². The van der Waals surface area contributed by atoms with Gasteiger partial charge in [0.05, 0.1) is 11.8 Å². The molecule has 2 unspecified atom stereocenters. The molecule has 2 N–H and O–H groups in total. The van der Waals surface area contributed by atoms with E-state index in [1.165, 1.54) is 0 Å². The molecule has 0 aliphatic heterocycles. The van der Waals surface area contributed by atoms with Crippen molar-refractivity contribution in [2.45, 2.75) is 31.9 Å². The summed E-state index contributed by atoms with van der Waals surface area (Å²) < 4.78 is 1.00. The van der Waals surface area contributed by atoms with Crippen LogP contribution in [0.4, 0.5) is 0 Å². The van der Waals surface area contributed by atoms with E-state index in [-0.39, 0.29) is 6.10 Å². The van der Waals surface area contributed by atoms with E-state index in [0.29, 0.717) is 5.92 Å².